The van der Waals surface area contributed by atoms with Gasteiger partial charge >= 0.3 is 5.69 Å². The number of anilines is 1. The summed E-state index contributed by atoms with van der Waals surface area (Å²) >= 11 is 2.19. The average Bonchev–Trinajstić information content (AvgIpc) is 2.96. The van der Waals surface area contributed by atoms with E-state index in [2.05, 4.69) is 27.9 Å². The number of amides is 1. The monoisotopic (exact) mass is 438 g/mol. The maximum atomic E-state index is 12.4. The lowest BCUT2D eigenvalue weighted by Gasteiger charge is -2.09. The van der Waals surface area contributed by atoms with Crippen LogP contribution in [0.1, 0.15) is 0 Å². The minimum absolute atomic E-state index is 0.0110. The summed E-state index contributed by atoms with van der Waals surface area (Å²) in [5, 5.41) is 2.79. The van der Waals surface area contributed by atoms with Gasteiger partial charge in [-0.1, -0.05) is 0 Å². The molecule has 0 spiro atoms. The largest absolute Gasteiger partial charge is 0.332 e. The van der Waals surface area contributed by atoms with Crippen molar-refractivity contribution in [2.24, 2.45) is 14.1 Å². The molecule has 0 aliphatic rings. The number of hydrogen-bond acceptors (Lipinski definition) is 3. The topological polar surface area (TPSA) is 78.0 Å². The number of carbonyl (C=O) groups excluding carboxylic acids is 1. The molecule has 3 rings (SSSR count). The van der Waals surface area contributed by atoms with Crippen LogP contribution >= 0.6 is 22.6 Å². The molecular weight excluding hydrogens is 423 g/mol. The van der Waals surface area contributed by atoms with Crippen LogP contribution in [0.15, 0.2) is 46.1 Å². The summed E-state index contributed by atoms with van der Waals surface area (Å²) < 4.78 is 5.06. The van der Waals surface area contributed by atoms with Gasteiger partial charge in [-0.05, 0) is 52.9 Å². The Labute approximate surface area is 150 Å². The van der Waals surface area contributed by atoms with Gasteiger partial charge in [-0.15, -0.1) is 0 Å². The van der Waals surface area contributed by atoms with Crippen molar-refractivity contribution in [3.8, 4) is 0 Å². The van der Waals surface area contributed by atoms with Gasteiger partial charge in [0.25, 0.3) is 5.56 Å². The number of benzene rings is 1. The van der Waals surface area contributed by atoms with Crippen molar-refractivity contribution in [3.05, 3.63) is 60.9 Å². The van der Waals surface area contributed by atoms with Crippen molar-refractivity contribution in [1.82, 2.24) is 13.7 Å². The fourth-order valence-electron chi connectivity index (χ4n) is 2.56. The summed E-state index contributed by atoms with van der Waals surface area (Å²) in [4.78, 5) is 36.5. The summed E-state index contributed by atoms with van der Waals surface area (Å²) in [6, 6.07) is 9.09. The minimum atomic E-state index is -0.417. The van der Waals surface area contributed by atoms with Crippen molar-refractivity contribution < 1.29 is 4.79 Å². The van der Waals surface area contributed by atoms with E-state index in [0.717, 1.165) is 8.14 Å². The van der Waals surface area contributed by atoms with E-state index in [1.807, 2.05) is 24.3 Å². The van der Waals surface area contributed by atoms with Crippen molar-refractivity contribution in [1.29, 1.82) is 0 Å². The average molecular weight is 438 g/mol. The smallest absolute Gasteiger partial charge is 0.331 e. The number of fused-ring (bicyclic) bond motifs is 1. The van der Waals surface area contributed by atoms with Crippen molar-refractivity contribution in [2.45, 2.75) is 6.54 Å². The molecule has 0 unspecified atom stereocenters. The van der Waals surface area contributed by atoms with Gasteiger partial charge in [0, 0.05) is 29.5 Å². The lowest BCUT2D eigenvalue weighted by atomic mass is 10.3. The molecule has 2 aromatic heterocycles. The summed E-state index contributed by atoms with van der Waals surface area (Å²) in [5.41, 5.74) is 0.716. The third-order valence-electron chi connectivity index (χ3n) is 3.83. The summed E-state index contributed by atoms with van der Waals surface area (Å²) in [6.07, 6.45) is 1.64. The van der Waals surface area contributed by atoms with Crippen LogP contribution in [0.4, 0.5) is 5.69 Å². The van der Waals surface area contributed by atoms with Gasteiger partial charge in [0.2, 0.25) is 5.91 Å². The van der Waals surface area contributed by atoms with Crippen LogP contribution in [-0.2, 0) is 25.4 Å². The van der Waals surface area contributed by atoms with Gasteiger partial charge in [-0.2, -0.15) is 0 Å². The molecule has 0 radical (unpaired) electrons. The molecule has 0 fully saturated rings. The molecule has 0 bridgehead atoms. The normalized spacial score (nSPS) is 11.0. The second kappa shape index (κ2) is 6.27. The number of hydrogen-bond donors (Lipinski definition) is 1. The number of aryl methyl sites for hydroxylation is 1. The fourth-order valence-corrected chi connectivity index (χ4v) is 2.92. The first kappa shape index (κ1) is 16.5. The van der Waals surface area contributed by atoms with Gasteiger partial charge in [-0.25, -0.2) is 4.79 Å². The lowest BCUT2D eigenvalue weighted by Crippen LogP contribution is -2.37. The first-order valence-corrected chi connectivity index (χ1v) is 8.26. The molecule has 124 valence electrons. The highest BCUT2D eigenvalue weighted by Crippen LogP contribution is 2.12. The second-order valence-corrected chi connectivity index (χ2v) is 6.68. The van der Waals surface area contributed by atoms with E-state index >= 15 is 0 Å². The molecule has 24 heavy (non-hydrogen) atoms. The van der Waals surface area contributed by atoms with Crippen molar-refractivity contribution in [3.63, 3.8) is 0 Å². The lowest BCUT2D eigenvalue weighted by molar-refractivity contribution is -0.116. The zero-order valence-electron chi connectivity index (χ0n) is 13.1. The fraction of sp³-hybridized carbons (Fsp3) is 0.188. The first-order chi connectivity index (χ1) is 11.4. The molecule has 1 aromatic carbocycles. The van der Waals surface area contributed by atoms with E-state index in [9.17, 15) is 14.4 Å². The van der Waals surface area contributed by atoms with E-state index in [1.54, 1.807) is 23.9 Å². The molecule has 3 aromatic rings. The molecule has 0 atom stereocenters. The number of rotatable bonds is 3. The number of nitrogens with zero attached hydrogens (tertiary/aromatic N) is 3. The Morgan fingerprint density at radius 1 is 1.08 bits per heavy atom. The minimum Gasteiger partial charge on any atom is -0.332 e. The highest BCUT2D eigenvalue weighted by atomic mass is 127. The molecule has 7 nitrogen and oxygen atoms in total. The highest BCUT2D eigenvalue weighted by Gasteiger charge is 2.14. The first-order valence-electron chi connectivity index (χ1n) is 7.19. The third kappa shape index (κ3) is 2.88. The molecule has 0 saturated heterocycles. The molecule has 0 aliphatic heterocycles. The van der Waals surface area contributed by atoms with E-state index in [-0.39, 0.29) is 12.5 Å². The Morgan fingerprint density at radius 2 is 1.75 bits per heavy atom. The van der Waals surface area contributed by atoms with Crippen LogP contribution in [0, 0.1) is 3.57 Å². The molecule has 2 heterocycles. The summed E-state index contributed by atoms with van der Waals surface area (Å²) in [6.45, 7) is -0.0110. The summed E-state index contributed by atoms with van der Waals surface area (Å²) in [5.74, 6) is -0.246. The quantitative estimate of drug-likeness (QED) is 0.627. The zero-order valence-corrected chi connectivity index (χ0v) is 15.3. The van der Waals surface area contributed by atoms with Crippen LogP contribution in [0.5, 0.6) is 0 Å². The van der Waals surface area contributed by atoms with Gasteiger partial charge in [0.05, 0.1) is 5.52 Å². The molecule has 8 heteroatoms. The Kier molecular flexibility index (Phi) is 4.31. The van der Waals surface area contributed by atoms with E-state index in [4.69, 9.17) is 0 Å². The predicted molar refractivity (Wildman–Crippen MR) is 100 cm³/mol. The molecular formula is C16H15IN4O3. The Hall–Kier alpha value is -2.36. The van der Waals surface area contributed by atoms with Crippen LogP contribution in [-0.4, -0.2) is 19.6 Å². The highest BCUT2D eigenvalue weighted by molar-refractivity contribution is 14.1. The van der Waals surface area contributed by atoms with Gasteiger partial charge in [0.1, 0.15) is 12.1 Å². The molecule has 0 saturated carbocycles. The third-order valence-corrected chi connectivity index (χ3v) is 4.55. The SMILES string of the molecule is Cn1c(=O)c2c(ccn2CC(=O)Nc2ccc(I)cc2)n(C)c1=O. The van der Waals surface area contributed by atoms with Gasteiger partial charge in [-0.3, -0.25) is 18.7 Å². The number of nitrogens with one attached hydrogen (secondary N) is 1. The maximum absolute atomic E-state index is 12.4. The Bertz CT molecular complexity index is 1040. The molecule has 1 amide bonds. The zero-order chi connectivity index (χ0) is 17.4. The van der Waals surface area contributed by atoms with E-state index in [0.29, 0.717) is 16.7 Å². The van der Waals surface area contributed by atoms with Crippen LogP contribution in [0.3, 0.4) is 0 Å². The molecule has 0 aliphatic carbocycles. The van der Waals surface area contributed by atoms with Crippen LogP contribution in [0.25, 0.3) is 11.0 Å². The molecule has 1 N–H and O–H groups in total. The number of carbonyl (C=O) groups is 1. The number of aromatic nitrogens is 3. The number of halogens is 1. The Balaban J connectivity index is 1.93. The van der Waals surface area contributed by atoms with Gasteiger partial charge < -0.3 is 9.88 Å². The standard InChI is InChI=1S/C16H15IN4O3/c1-19-12-7-8-21(14(12)15(23)20(2)16(19)24)9-13(22)18-11-5-3-10(17)4-6-11/h3-8H,9H2,1-2H3,(H,18,22). The summed E-state index contributed by atoms with van der Waals surface area (Å²) in [7, 11) is 3.02. The van der Waals surface area contributed by atoms with E-state index < -0.39 is 11.2 Å². The van der Waals surface area contributed by atoms with E-state index in [1.165, 1.54) is 11.6 Å². The van der Waals surface area contributed by atoms with Crippen LogP contribution < -0.4 is 16.6 Å². The van der Waals surface area contributed by atoms with Gasteiger partial charge in [0.15, 0.2) is 0 Å². The van der Waals surface area contributed by atoms with Crippen LogP contribution in [0.2, 0.25) is 0 Å². The van der Waals surface area contributed by atoms with Crippen molar-refractivity contribution >= 4 is 45.2 Å². The second-order valence-electron chi connectivity index (χ2n) is 5.44. The predicted octanol–water partition coefficient (Wildman–Crippen LogP) is 1.28. The Morgan fingerprint density at radius 3 is 2.42 bits per heavy atom. The van der Waals surface area contributed by atoms with Crippen molar-refractivity contribution in [2.75, 3.05) is 5.32 Å². The maximum Gasteiger partial charge on any atom is 0.331 e.